The number of nitrogen functional groups attached to an aromatic ring is 1. The Balaban J connectivity index is 2.45. The molecule has 0 saturated heterocycles. The van der Waals surface area contributed by atoms with E-state index in [4.69, 9.17) is 10.3 Å². The lowest BCUT2D eigenvalue weighted by atomic mass is 10.0. The van der Waals surface area contributed by atoms with Crippen molar-refractivity contribution in [2.24, 2.45) is 13.0 Å². The van der Waals surface area contributed by atoms with Crippen LogP contribution in [-0.2, 0) is 13.5 Å². The fourth-order valence-electron chi connectivity index (χ4n) is 1.80. The molecule has 2 N–H and O–H groups in total. The topological polar surface area (TPSA) is 69.9 Å². The average Bonchev–Trinajstić information content (AvgIpc) is 2.73. The van der Waals surface area contributed by atoms with E-state index in [1.807, 2.05) is 24.7 Å². The molecule has 0 unspecified atom stereocenters. The molecule has 2 aromatic heterocycles. The Morgan fingerprint density at radius 3 is 2.71 bits per heavy atom. The molecule has 2 rings (SSSR count). The molecule has 0 saturated carbocycles. The number of nitrogens with zero attached hydrogens (tertiary/aromatic N) is 3. The van der Waals surface area contributed by atoms with Gasteiger partial charge in [-0.05, 0) is 25.3 Å². The highest BCUT2D eigenvalue weighted by Crippen LogP contribution is 2.28. The van der Waals surface area contributed by atoms with Crippen molar-refractivity contribution >= 4 is 5.88 Å². The van der Waals surface area contributed by atoms with Crippen LogP contribution in [0.1, 0.15) is 25.1 Å². The van der Waals surface area contributed by atoms with Gasteiger partial charge in [0.1, 0.15) is 11.4 Å². The second-order valence-electron chi connectivity index (χ2n) is 4.77. The van der Waals surface area contributed by atoms with E-state index >= 15 is 0 Å². The molecular weight excluding hydrogens is 216 g/mol. The molecule has 0 bridgehead atoms. The first kappa shape index (κ1) is 11.7. The van der Waals surface area contributed by atoms with E-state index in [1.54, 1.807) is 0 Å². The number of aromatic nitrogens is 3. The summed E-state index contributed by atoms with van der Waals surface area (Å²) in [6, 6.07) is 1.99. The van der Waals surface area contributed by atoms with E-state index in [2.05, 4.69) is 24.1 Å². The molecule has 0 radical (unpaired) electrons. The Bertz CT molecular complexity index is 505. The normalized spacial score (nSPS) is 11.4. The zero-order chi connectivity index (χ0) is 12.6. The van der Waals surface area contributed by atoms with Crippen molar-refractivity contribution in [1.82, 2.24) is 14.9 Å². The van der Waals surface area contributed by atoms with Gasteiger partial charge in [0.2, 0.25) is 5.88 Å². The van der Waals surface area contributed by atoms with Gasteiger partial charge in [0, 0.05) is 18.3 Å². The van der Waals surface area contributed by atoms with Crippen LogP contribution in [0.4, 0.5) is 5.88 Å². The predicted octanol–water partition coefficient (Wildman–Crippen LogP) is 2.16. The molecule has 0 aromatic carbocycles. The average molecular weight is 234 g/mol. The standard InChI is InChI=1S/C12H18N4O/c1-7(2)5-9-11(15-17-12(9)13)10-6-8(3)16(4)14-10/h6-7H,5,13H2,1-4H3. The van der Waals surface area contributed by atoms with Crippen LogP contribution in [0.5, 0.6) is 0 Å². The summed E-state index contributed by atoms with van der Waals surface area (Å²) < 4.78 is 6.90. The second-order valence-corrected chi connectivity index (χ2v) is 4.77. The van der Waals surface area contributed by atoms with E-state index in [1.165, 1.54) is 0 Å². The predicted molar refractivity (Wildman–Crippen MR) is 66.4 cm³/mol. The lowest BCUT2D eigenvalue weighted by molar-refractivity contribution is 0.437. The van der Waals surface area contributed by atoms with Crippen molar-refractivity contribution in [3.63, 3.8) is 0 Å². The molecule has 2 aromatic rings. The minimum absolute atomic E-state index is 0.400. The monoisotopic (exact) mass is 234 g/mol. The maximum atomic E-state index is 5.81. The fourth-order valence-corrected chi connectivity index (χ4v) is 1.80. The third-order valence-electron chi connectivity index (χ3n) is 2.79. The van der Waals surface area contributed by atoms with Gasteiger partial charge in [-0.2, -0.15) is 5.10 Å². The van der Waals surface area contributed by atoms with Gasteiger partial charge in [-0.25, -0.2) is 0 Å². The van der Waals surface area contributed by atoms with E-state index in [-0.39, 0.29) is 0 Å². The summed E-state index contributed by atoms with van der Waals surface area (Å²) >= 11 is 0. The summed E-state index contributed by atoms with van der Waals surface area (Å²) in [7, 11) is 1.91. The van der Waals surface area contributed by atoms with Crippen LogP contribution in [0.2, 0.25) is 0 Å². The lowest BCUT2D eigenvalue weighted by Gasteiger charge is -2.03. The van der Waals surface area contributed by atoms with Crippen LogP contribution in [0.3, 0.4) is 0 Å². The summed E-state index contributed by atoms with van der Waals surface area (Å²) in [5.74, 6) is 0.900. The van der Waals surface area contributed by atoms with Crippen LogP contribution >= 0.6 is 0 Å². The summed E-state index contributed by atoms with van der Waals surface area (Å²) in [5, 5.41) is 8.42. The highest BCUT2D eigenvalue weighted by atomic mass is 16.5. The second kappa shape index (κ2) is 4.24. The van der Waals surface area contributed by atoms with Crippen LogP contribution in [0.25, 0.3) is 11.4 Å². The Labute approximate surface area is 101 Å². The summed E-state index contributed by atoms with van der Waals surface area (Å²) in [5.41, 5.74) is 9.43. The zero-order valence-corrected chi connectivity index (χ0v) is 10.7. The maximum Gasteiger partial charge on any atom is 0.225 e. The van der Waals surface area contributed by atoms with Gasteiger partial charge in [0.05, 0.1) is 0 Å². The molecule has 92 valence electrons. The Hall–Kier alpha value is -1.78. The minimum atomic E-state index is 0.400. The van der Waals surface area contributed by atoms with Crippen molar-refractivity contribution in [1.29, 1.82) is 0 Å². The van der Waals surface area contributed by atoms with Crippen molar-refractivity contribution in [3.05, 3.63) is 17.3 Å². The van der Waals surface area contributed by atoms with Crippen molar-refractivity contribution in [2.45, 2.75) is 27.2 Å². The van der Waals surface area contributed by atoms with E-state index in [0.717, 1.165) is 29.1 Å². The van der Waals surface area contributed by atoms with Gasteiger partial charge in [0.25, 0.3) is 0 Å². The fraction of sp³-hybridized carbons (Fsp3) is 0.500. The summed E-state index contributed by atoms with van der Waals surface area (Å²) in [6.07, 6.45) is 0.848. The first-order chi connectivity index (χ1) is 7.99. The molecular formula is C12H18N4O. The highest BCUT2D eigenvalue weighted by Gasteiger charge is 2.18. The number of anilines is 1. The molecule has 0 spiro atoms. The van der Waals surface area contributed by atoms with Crippen LogP contribution in [0.15, 0.2) is 10.6 Å². The van der Waals surface area contributed by atoms with E-state index in [0.29, 0.717) is 11.8 Å². The molecule has 0 aliphatic rings. The minimum Gasteiger partial charge on any atom is -0.367 e. The van der Waals surface area contributed by atoms with Crippen molar-refractivity contribution < 1.29 is 4.52 Å². The smallest absolute Gasteiger partial charge is 0.225 e. The van der Waals surface area contributed by atoms with Crippen molar-refractivity contribution in [3.8, 4) is 11.4 Å². The Morgan fingerprint density at radius 1 is 1.47 bits per heavy atom. The Kier molecular flexibility index (Phi) is 2.92. The first-order valence-electron chi connectivity index (χ1n) is 5.74. The van der Waals surface area contributed by atoms with Gasteiger partial charge >= 0.3 is 0 Å². The van der Waals surface area contributed by atoms with E-state index < -0.39 is 0 Å². The molecule has 17 heavy (non-hydrogen) atoms. The number of hydrogen-bond donors (Lipinski definition) is 1. The highest BCUT2D eigenvalue weighted by molar-refractivity contribution is 5.63. The number of nitrogens with two attached hydrogens (primary N) is 1. The lowest BCUT2D eigenvalue weighted by Crippen LogP contribution is -1.99. The quantitative estimate of drug-likeness (QED) is 0.883. The van der Waals surface area contributed by atoms with Crippen LogP contribution in [-0.4, -0.2) is 14.9 Å². The molecule has 2 heterocycles. The van der Waals surface area contributed by atoms with E-state index in [9.17, 15) is 0 Å². The number of rotatable bonds is 3. The number of hydrogen-bond acceptors (Lipinski definition) is 4. The first-order valence-corrected chi connectivity index (χ1v) is 5.74. The largest absolute Gasteiger partial charge is 0.367 e. The van der Waals surface area contributed by atoms with Crippen LogP contribution < -0.4 is 5.73 Å². The molecule has 5 heteroatoms. The summed E-state index contributed by atoms with van der Waals surface area (Å²) in [4.78, 5) is 0. The van der Waals surface area contributed by atoms with Crippen LogP contribution in [0, 0.1) is 12.8 Å². The van der Waals surface area contributed by atoms with Gasteiger partial charge in [-0.3, -0.25) is 4.68 Å². The number of aryl methyl sites for hydroxylation is 2. The molecule has 0 aliphatic carbocycles. The molecule has 0 fully saturated rings. The van der Waals surface area contributed by atoms with Crippen molar-refractivity contribution in [2.75, 3.05) is 5.73 Å². The maximum absolute atomic E-state index is 5.81. The zero-order valence-electron chi connectivity index (χ0n) is 10.7. The summed E-state index contributed by atoms with van der Waals surface area (Å²) in [6.45, 7) is 6.28. The van der Waals surface area contributed by atoms with Gasteiger partial charge in [0.15, 0.2) is 0 Å². The van der Waals surface area contributed by atoms with Gasteiger partial charge < -0.3 is 10.3 Å². The third kappa shape index (κ3) is 2.18. The SMILES string of the molecule is Cc1cc(-c2noc(N)c2CC(C)C)nn1C. The molecule has 5 nitrogen and oxygen atoms in total. The molecule has 0 amide bonds. The third-order valence-corrected chi connectivity index (χ3v) is 2.79. The molecule has 0 atom stereocenters. The molecule has 0 aliphatic heterocycles. The Morgan fingerprint density at radius 2 is 2.18 bits per heavy atom. The van der Waals surface area contributed by atoms with Gasteiger partial charge in [-0.1, -0.05) is 19.0 Å². The van der Waals surface area contributed by atoms with Gasteiger partial charge in [-0.15, -0.1) is 0 Å².